The first kappa shape index (κ1) is 17.5. The van der Waals surface area contributed by atoms with Crippen LogP contribution in [0.25, 0.3) is 0 Å². The Morgan fingerprint density at radius 2 is 2.07 bits per heavy atom. The lowest BCUT2D eigenvalue weighted by molar-refractivity contribution is -0.154. The Kier molecular flexibility index (Phi) is 4.57. The molecule has 0 spiro atoms. The molecule has 0 aliphatic carbocycles. The molecule has 1 aromatic carbocycles. The van der Waals surface area contributed by atoms with Gasteiger partial charge in [0, 0.05) is 38.1 Å². The molecule has 8 heteroatoms. The summed E-state index contributed by atoms with van der Waals surface area (Å²) >= 11 is 0. The highest BCUT2D eigenvalue weighted by Crippen LogP contribution is 2.26. The maximum atomic E-state index is 12.9. The molecular formula is C19H22N4O4. The number of methoxy groups -OCH3 is 1. The Morgan fingerprint density at radius 3 is 2.74 bits per heavy atom. The summed E-state index contributed by atoms with van der Waals surface area (Å²) in [6.45, 7) is 1.37. The Balaban J connectivity index is 1.50. The number of carbonyl (C=O) groups is 2. The van der Waals surface area contributed by atoms with Crippen LogP contribution in [0.4, 0.5) is 0 Å². The molecule has 2 aliphatic rings. The number of hydrogen-bond donors (Lipinski definition) is 0. The number of rotatable bonds is 4. The van der Waals surface area contributed by atoms with E-state index in [9.17, 15) is 9.59 Å². The minimum atomic E-state index is -0.176. The Bertz CT molecular complexity index is 848. The first-order valence-electron chi connectivity index (χ1n) is 8.87. The van der Waals surface area contributed by atoms with Crippen LogP contribution < -0.4 is 4.74 Å². The van der Waals surface area contributed by atoms with Gasteiger partial charge in [-0.1, -0.05) is 0 Å². The molecule has 2 fully saturated rings. The summed E-state index contributed by atoms with van der Waals surface area (Å²) in [5, 5.41) is 0. The monoisotopic (exact) mass is 370 g/mol. The first-order valence-corrected chi connectivity index (χ1v) is 8.87. The number of benzene rings is 1. The van der Waals surface area contributed by atoms with Crippen molar-refractivity contribution in [1.82, 2.24) is 19.4 Å². The van der Waals surface area contributed by atoms with E-state index in [0.29, 0.717) is 30.9 Å². The van der Waals surface area contributed by atoms with Crippen molar-refractivity contribution in [2.45, 2.75) is 18.7 Å². The van der Waals surface area contributed by atoms with E-state index >= 15 is 0 Å². The number of nitrogens with zero attached hydrogens (tertiary/aromatic N) is 4. The summed E-state index contributed by atoms with van der Waals surface area (Å²) in [4.78, 5) is 33.2. The average molecular weight is 370 g/mol. The lowest BCUT2D eigenvalue weighted by Gasteiger charge is -2.36. The Morgan fingerprint density at radius 1 is 1.30 bits per heavy atom. The molecule has 0 saturated carbocycles. The molecule has 3 heterocycles. The highest BCUT2D eigenvalue weighted by Gasteiger charge is 2.45. The maximum absolute atomic E-state index is 12.9. The van der Waals surface area contributed by atoms with E-state index in [-0.39, 0.29) is 30.6 Å². The number of ether oxygens (including phenoxy) is 2. The largest absolute Gasteiger partial charge is 0.497 e. The zero-order valence-corrected chi connectivity index (χ0v) is 15.4. The average Bonchev–Trinajstić information content (AvgIpc) is 3.30. The first-order chi connectivity index (χ1) is 13.1. The number of carbonyl (C=O) groups excluding carboxylic acids is 2. The third-order valence-electron chi connectivity index (χ3n) is 5.24. The molecule has 2 saturated heterocycles. The molecule has 0 unspecified atom stereocenters. The van der Waals surface area contributed by atoms with Crippen molar-refractivity contribution in [1.29, 1.82) is 0 Å². The minimum absolute atomic E-state index is 0.0379. The molecule has 4 rings (SSSR count). The number of imidazole rings is 1. The van der Waals surface area contributed by atoms with Gasteiger partial charge in [0.15, 0.2) is 0 Å². The van der Waals surface area contributed by atoms with Gasteiger partial charge >= 0.3 is 0 Å². The number of aryl methyl sites for hydroxylation is 1. The second-order valence-electron chi connectivity index (χ2n) is 6.83. The van der Waals surface area contributed by atoms with E-state index in [0.717, 1.165) is 5.82 Å². The molecule has 1 aromatic heterocycles. The number of amides is 2. The lowest BCUT2D eigenvalue weighted by Crippen LogP contribution is -2.53. The van der Waals surface area contributed by atoms with Crippen molar-refractivity contribution >= 4 is 11.8 Å². The smallest absolute Gasteiger partial charge is 0.254 e. The molecule has 0 radical (unpaired) electrons. The van der Waals surface area contributed by atoms with Crippen LogP contribution in [0.2, 0.25) is 0 Å². The van der Waals surface area contributed by atoms with Gasteiger partial charge in [0.2, 0.25) is 5.91 Å². The van der Waals surface area contributed by atoms with Crippen LogP contribution in [0.5, 0.6) is 5.75 Å². The van der Waals surface area contributed by atoms with Crippen LogP contribution in [-0.4, -0.2) is 70.1 Å². The van der Waals surface area contributed by atoms with Crippen LogP contribution in [-0.2, 0) is 23.1 Å². The lowest BCUT2D eigenvalue weighted by atomic mass is 10.1. The number of morpholine rings is 1. The normalized spacial score (nSPS) is 22.1. The molecule has 2 aromatic rings. The van der Waals surface area contributed by atoms with Crippen molar-refractivity contribution in [3.05, 3.63) is 48.0 Å². The van der Waals surface area contributed by atoms with Gasteiger partial charge in [-0.3, -0.25) is 9.59 Å². The summed E-state index contributed by atoms with van der Waals surface area (Å²) in [6, 6.07) is 6.87. The molecule has 142 valence electrons. The second kappa shape index (κ2) is 7.03. The molecule has 8 nitrogen and oxygen atoms in total. The van der Waals surface area contributed by atoms with Crippen LogP contribution >= 0.6 is 0 Å². The van der Waals surface area contributed by atoms with Crippen LogP contribution in [0, 0.1) is 0 Å². The third-order valence-corrected chi connectivity index (χ3v) is 5.24. The Hall–Kier alpha value is -2.87. The van der Waals surface area contributed by atoms with Crippen LogP contribution in [0.1, 0.15) is 16.2 Å². The summed E-state index contributed by atoms with van der Waals surface area (Å²) < 4.78 is 12.8. The maximum Gasteiger partial charge on any atom is 0.254 e. The van der Waals surface area contributed by atoms with Gasteiger partial charge in [0.1, 0.15) is 18.2 Å². The fourth-order valence-corrected chi connectivity index (χ4v) is 3.65. The molecule has 27 heavy (non-hydrogen) atoms. The Labute approximate surface area is 157 Å². The summed E-state index contributed by atoms with van der Waals surface area (Å²) in [5.74, 6) is 1.37. The van der Waals surface area contributed by atoms with Gasteiger partial charge in [0.05, 0.1) is 25.8 Å². The summed E-state index contributed by atoms with van der Waals surface area (Å²) in [5.41, 5.74) is 0.594. The van der Waals surface area contributed by atoms with Crippen molar-refractivity contribution < 1.29 is 19.1 Å². The van der Waals surface area contributed by atoms with Crippen molar-refractivity contribution in [2.24, 2.45) is 7.05 Å². The van der Waals surface area contributed by atoms with Gasteiger partial charge in [-0.25, -0.2) is 4.98 Å². The molecule has 0 N–H and O–H groups in total. The number of fused-ring (bicyclic) bond motifs is 1. The van der Waals surface area contributed by atoms with Gasteiger partial charge in [-0.15, -0.1) is 0 Å². The fourth-order valence-electron chi connectivity index (χ4n) is 3.65. The molecule has 2 aliphatic heterocycles. The van der Waals surface area contributed by atoms with Crippen LogP contribution in [0.3, 0.4) is 0 Å². The van der Waals surface area contributed by atoms with E-state index in [1.54, 1.807) is 47.4 Å². The zero-order valence-electron chi connectivity index (χ0n) is 15.4. The quantitative estimate of drug-likeness (QED) is 0.791. The van der Waals surface area contributed by atoms with Gasteiger partial charge in [0.25, 0.3) is 5.91 Å². The summed E-state index contributed by atoms with van der Waals surface area (Å²) in [7, 11) is 3.49. The minimum Gasteiger partial charge on any atom is -0.497 e. The van der Waals surface area contributed by atoms with Crippen LogP contribution in [0.15, 0.2) is 36.7 Å². The van der Waals surface area contributed by atoms with Gasteiger partial charge in [-0.2, -0.15) is 0 Å². The predicted octanol–water partition coefficient (Wildman–Crippen LogP) is 0.681. The summed E-state index contributed by atoms with van der Waals surface area (Å²) in [6.07, 6.45) is 3.39. The molecular weight excluding hydrogens is 348 g/mol. The topological polar surface area (TPSA) is 76.9 Å². The molecule has 2 atom stereocenters. The number of aromatic nitrogens is 2. The number of likely N-dealkylation sites (tertiary alicyclic amines) is 1. The second-order valence-corrected chi connectivity index (χ2v) is 6.83. The van der Waals surface area contributed by atoms with Crippen molar-refractivity contribution in [3.8, 4) is 5.75 Å². The highest BCUT2D eigenvalue weighted by atomic mass is 16.5. The van der Waals surface area contributed by atoms with Gasteiger partial charge < -0.3 is 23.8 Å². The predicted molar refractivity (Wildman–Crippen MR) is 96.2 cm³/mol. The van der Waals surface area contributed by atoms with E-state index in [2.05, 4.69) is 4.98 Å². The SMILES string of the molecule is COc1ccc(C(=O)N2C[C@@H]3OCC(=O)N(Cc4nccn4C)[C@@H]3C2)cc1. The molecule has 2 amide bonds. The van der Waals surface area contributed by atoms with E-state index in [1.165, 1.54) is 0 Å². The number of hydrogen-bond acceptors (Lipinski definition) is 5. The van der Waals surface area contributed by atoms with E-state index in [1.807, 2.05) is 17.8 Å². The van der Waals surface area contributed by atoms with E-state index in [4.69, 9.17) is 9.47 Å². The van der Waals surface area contributed by atoms with Gasteiger partial charge in [-0.05, 0) is 24.3 Å². The molecule has 0 bridgehead atoms. The van der Waals surface area contributed by atoms with E-state index < -0.39 is 0 Å². The third kappa shape index (κ3) is 3.28. The highest BCUT2D eigenvalue weighted by molar-refractivity contribution is 5.94. The van der Waals surface area contributed by atoms with Crippen molar-refractivity contribution in [2.75, 3.05) is 26.8 Å². The fraction of sp³-hybridized carbons (Fsp3) is 0.421. The standard InChI is InChI=1S/C19H22N4O4/c1-21-8-7-20-17(21)11-23-15-9-22(10-16(15)27-12-18(23)24)19(25)13-3-5-14(26-2)6-4-13/h3-8,15-16H,9-12H2,1-2H3/t15-,16+/m1/s1. The zero-order chi connectivity index (χ0) is 19.0. The van der Waals surface area contributed by atoms with Crippen molar-refractivity contribution in [3.63, 3.8) is 0 Å².